The van der Waals surface area contributed by atoms with Crippen LogP contribution in [0.15, 0.2) is 0 Å². The largest absolute Gasteiger partial charge is 0.446 e. The van der Waals surface area contributed by atoms with Gasteiger partial charge >= 0.3 is 16.3 Å². The Balaban J connectivity index is 2.64. The molecule has 0 aromatic carbocycles. The van der Waals surface area contributed by atoms with Crippen molar-refractivity contribution in [3.63, 3.8) is 0 Å². The molecule has 4 N–H and O–H groups in total. The SMILES string of the molecule is CC(C)OC(=O)NS(=O)(=O)N1CCC(C)(C(=N)N)CC1. The van der Waals surface area contributed by atoms with E-state index in [0.717, 1.165) is 0 Å². The van der Waals surface area contributed by atoms with E-state index in [0.29, 0.717) is 12.8 Å². The smallest absolute Gasteiger partial charge is 0.422 e. The molecule has 0 spiro atoms. The normalized spacial score (nSPS) is 19.6. The van der Waals surface area contributed by atoms with Crippen molar-refractivity contribution in [3.8, 4) is 0 Å². The summed E-state index contributed by atoms with van der Waals surface area (Å²) in [5.41, 5.74) is 5.04. The minimum absolute atomic E-state index is 0.0572. The van der Waals surface area contributed by atoms with E-state index in [1.165, 1.54) is 4.31 Å². The molecule has 1 aliphatic heterocycles. The van der Waals surface area contributed by atoms with Gasteiger partial charge in [-0.3, -0.25) is 5.41 Å². The molecule has 8 nitrogen and oxygen atoms in total. The van der Waals surface area contributed by atoms with E-state index < -0.39 is 27.8 Å². The molecule has 1 saturated heterocycles. The second-order valence-electron chi connectivity index (χ2n) is 5.43. The first-order chi connectivity index (χ1) is 9.07. The fourth-order valence-electron chi connectivity index (χ4n) is 1.90. The predicted octanol–water partition coefficient (Wildman–Crippen LogP) is 0.404. The van der Waals surface area contributed by atoms with Gasteiger partial charge in [-0.1, -0.05) is 6.92 Å². The molecule has 0 saturated carbocycles. The first-order valence-electron chi connectivity index (χ1n) is 6.40. The quantitative estimate of drug-likeness (QED) is 0.512. The Labute approximate surface area is 119 Å². The Morgan fingerprint density at radius 2 is 1.90 bits per heavy atom. The maximum Gasteiger partial charge on any atom is 0.422 e. The highest BCUT2D eigenvalue weighted by molar-refractivity contribution is 7.87. The Bertz CT molecular complexity index is 481. The number of nitrogens with zero attached hydrogens (tertiary/aromatic N) is 1. The Morgan fingerprint density at radius 3 is 2.30 bits per heavy atom. The lowest BCUT2D eigenvalue weighted by Gasteiger charge is -2.37. The van der Waals surface area contributed by atoms with Crippen LogP contribution in [0.3, 0.4) is 0 Å². The molecular formula is C11H22N4O4S. The highest BCUT2D eigenvalue weighted by Gasteiger charge is 2.37. The molecule has 0 radical (unpaired) electrons. The monoisotopic (exact) mass is 306 g/mol. The van der Waals surface area contributed by atoms with Crippen LogP contribution in [0, 0.1) is 10.8 Å². The highest BCUT2D eigenvalue weighted by Crippen LogP contribution is 2.31. The molecule has 1 fully saturated rings. The summed E-state index contributed by atoms with van der Waals surface area (Å²) in [6, 6.07) is 0. The van der Waals surface area contributed by atoms with Crippen LogP contribution in [-0.2, 0) is 14.9 Å². The molecule has 0 aromatic heterocycles. The van der Waals surface area contributed by atoms with Gasteiger partial charge < -0.3 is 10.5 Å². The van der Waals surface area contributed by atoms with E-state index in [2.05, 4.69) is 0 Å². The van der Waals surface area contributed by atoms with E-state index in [1.54, 1.807) is 13.8 Å². The molecule has 1 aliphatic rings. The first kappa shape index (κ1) is 16.7. The van der Waals surface area contributed by atoms with Gasteiger partial charge in [0.2, 0.25) is 0 Å². The summed E-state index contributed by atoms with van der Waals surface area (Å²) in [6.07, 6.45) is -0.488. The number of piperidine rings is 1. The average Bonchev–Trinajstić information content (AvgIpc) is 2.27. The van der Waals surface area contributed by atoms with Gasteiger partial charge in [-0.25, -0.2) is 9.52 Å². The van der Waals surface area contributed by atoms with Crippen LogP contribution in [0.2, 0.25) is 0 Å². The number of amides is 1. The lowest BCUT2D eigenvalue weighted by molar-refractivity contribution is 0.120. The van der Waals surface area contributed by atoms with Crippen molar-refractivity contribution in [1.29, 1.82) is 5.41 Å². The Hall–Kier alpha value is -1.35. The predicted molar refractivity (Wildman–Crippen MR) is 74.5 cm³/mol. The number of rotatable bonds is 4. The van der Waals surface area contributed by atoms with Gasteiger partial charge in [0.1, 0.15) is 0 Å². The van der Waals surface area contributed by atoms with Crippen molar-refractivity contribution in [3.05, 3.63) is 0 Å². The summed E-state index contributed by atoms with van der Waals surface area (Å²) in [5.74, 6) is 0.0572. The number of nitrogens with one attached hydrogen (secondary N) is 2. The van der Waals surface area contributed by atoms with E-state index in [4.69, 9.17) is 15.9 Å². The van der Waals surface area contributed by atoms with Gasteiger partial charge in [-0.2, -0.15) is 12.7 Å². The first-order valence-corrected chi connectivity index (χ1v) is 7.84. The van der Waals surface area contributed by atoms with Crippen molar-refractivity contribution >= 4 is 22.1 Å². The molecule has 1 rings (SSSR count). The molecule has 0 aliphatic carbocycles. The van der Waals surface area contributed by atoms with Crippen molar-refractivity contribution in [2.45, 2.75) is 39.7 Å². The zero-order valence-corrected chi connectivity index (χ0v) is 12.8. The number of amidine groups is 1. The highest BCUT2D eigenvalue weighted by atomic mass is 32.2. The summed E-state index contributed by atoms with van der Waals surface area (Å²) in [5, 5.41) is 7.52. The van der Waals surface area contributed by atoms with Gasteiger partial charge in [0, 0.05) is 18.5 Å². The molecule has 20 heavy (non-hydrogen) atoms. The lowest BCUT2D eigenvalue weighted by Crippen LogP contribution is -2.51. The van der Waals surface area contributed by atoms with Gasteiger partial charge in [0.15, 0.2) is 0 Å². The molecule has 0 unspecified atom stereocenters. The molecule has 0 bridgehead atoms. The minimum atomic E-state index is -3.91. The fourth-order valence-corrected chi connectivity index (χ4v) is 2.95. The van der Waals surface area contributed by atoms with Crippen LogP contribution >= 0.6 is 0 Å². The fraction of sp³-hybridized carbons (Fsp3) is 0.818. The lowest BCUT2D eigenvalue weighted by atomic mass is 9.80. The Kier molecular flexibility index (Phi) is 4.98. The van der Waals surface area contributed by atoms with E-state index in [-0.39, 0.29) is 18.9 Å². The van der Waals surface area contributed by atoms with Gasteiger partial charge in [-0.05, 0) is 26.7 Å². The zero-order chi connectivity index (χ0) is 15.6. The van der Waals surface area contributed by atoms with Crippen LogP contribution in [0.25, 0.3) is 0 Å². The topological polar surface area (TPSA) is 126 Å². The third kappa shape index (κ3) is 4.07. The van der Waals surface area contributed by atoms with Crippen LogP contribution < -0.4 is 10.5 Å². The van der Waals surface area contributed by atoms with E-state index in [9.17, 15) is 13.2 Å². The summed E-state index contributed by atoms with van der Waals surface area (Å²) >= 11 is 0. The maximum absolute atomic E-state index is 12.0. The molecule has 116 valence electrons. The second-order valence-corrected chi connectivity index (χ2v) is 7.11. The number of ether oxygens (including phenoxy) is 1. The standard InChI is InChI=1S/C11H22N4O4S/c1-8(2)19-10(16)14-20(17,18)15-6-4-11(3,5-7-15)9(12)13/h8H,4-7H2,1-3H3,(H3,12,13)(H,14,16). The number of carbonyl (C=O) groups excluding carboxylic acids is 1. The number of hydrogen-bond acceptors (Lipinski definition) is 5. The van der Waals surface area contributed by atoms with Gasteiger partial charge in [-0.15, -0.1) is 0 Å². The van der Waals surface area contributed by atoms with Gasteiger partial charge in [0.05, 0.1) is 11.9 Å². The second kappa shape index (κ2) is 5.96. The molecule has 1 heterocycles. The molecule has 9 heteroatoms. The Morgan fingerprint density at radius 1 is 1.40 bits per heavy atom. The van der Waals surface area contributed by atoms with Crippen molar-refractivity contribution in [2.24, 2.45) is 11.1 Å². The molecule has 0 aromatic rings. The number of hydrogen-bond donors (Lipinski definition) is 3. The third-order valence-electron chi connectivity index (χ3n) is 3.37. The average molecular weight is 306 g/mol. The summed E-state index contributed by atoms with van der Waals surface area (Å²) < 4.78 is 31.8. The van der Waals surface area contributed by atoms with E-state index in [1.807, 2.05) is 11.6 Å². The zero-order valence-electron chi connectivity index (χ0n) is 12.0. The maximum atomic E-state index is 12.0. The van der Waals surface area contributed by atoms with Crippen LogP contribution in [0.1, 0.15) is 33.6 Å². The van der Waals surface area contributed by atoms with Crippen LogP contribution in [0.5, 0.6) is 0 Å². The summed E-state index contributed by atoms with van der Waals surface area (Å²) in [4.78, 5) is 11.4. The summed E-state index contributed by atoms with van der Waals surface area (Å²) in [6.45, 7) is 5.51. The van der Waals surface area contributed by atoms with Crippen LogP contribution in [-0.4, -0.2) is 43.8 Å². The molecule has 1 amide bonds. The number of carbonyl (C=O) groups is 1. The third-order valence-corrected chi connectivity index (χ3v) is 4.84. The van der Waals surface area contributed by atoms with E-state index >= 15 is 0 Å². The summed E-state index contributed by atoms with van der Waals surface area (Å²) in [7, 11) is -3.91. The van der Waals surface area contributed by atoms with Crippen molar-refractivity contribution < 1.29 is 17.9 Å². The van der Waals surface area contributed by atoms with Crippen molar-refractivity contribution in [2.75, 3.05) is 13.1 Å². The molecule has 0 atom stereocenters. The number of nitrogens with two attached hydrogens (primary N) is 1. The van der Waals surface area contributed by atoms with Gasteiger partial charge in [0.25, 0.3) is 0 Å². The van der Waals surface area contributed by atoms with Crippen LogP contribution in [0.4, 0.5) is 4.79 Å². The minimum Gasteiger partial charge on any atom is -0.446 e. The molecular weight excluding hydrogens is 284 g/mol. The van der Waals surface area contributed by atoms with Crippen molar-refractivity contribution in [1.82, 2.24) is 9.03 Å².